The van der Waals surface area contributed by atoms with Gasteiger partial charge in [0, 0.05) is 12.8 Å². The lowest BCUT2D eigenvalue weighted by atomic mass is 9.90. The zero-order chi connectivity index (χ0) is 36.6. The van der Waals surface area contributed by atoms with E-state index in [1.807, 2.05) is 39.8 Å². The molecule has 52 heavy (non-hydrogen) atoms. The molecular formula is C40H56O11Si. The van der Waals surface area contributed by atoms with Gasteiger partial charge in [0.2, 0.25) is 5.79 Å². The van der Waals surface area contributed by atoms with E-state index < -0.39 is 80.5 Å². The number of fused-ring (bicyclic) bond motifs is 2. The third-order valence-electron chi connectivity index (χ3n) is 11.6. The number of benzene rings is 2. The summed E-state index contributed by atoms with van der Waals surface area (Å²) in [6, 6.07) is 20.9. The number of aliphatic hydroxyl groups excluding tert-OH is 1. The van der Waals surface area contributed by atoms with Crippen LogP contribution in [0.25, 0.3) is 0 Å². The van der Waals surface area contributed by atoms with Crippen LogP contribution in [0.3, 0.4) is 0 Å². The van der Waals surface area contributed by atoms with Gasteiger partial charge in [0.15, 0.2) is 23.7 Å². The van der Waals surface area contributed by atoms with Crippen LogP contribution in [0.2, 0.25) is 5.04 Å². The predicted octanol–water partition coefficient (Wildman–Crippen LogP) is 4.51. The molecule has 2 aromatic carbocycles. The van der Waals surface area contributed by atoms with Crippen molar-refractivity contribution in [3.8, 4) is 0 Å². The zero-order valence-electron chi connectivity index (χ0n) is 31.6. The van der Waals surface area contributed by atoms with Gasteiger partial charge in [-0.25, -0.2) is 0 Å². The van der Waals surface area contributed by atoms with Crippen LogP contribution in [0.5, 0.6) is 0 Å². The maximum absolute atomic E-state index is 12.7. The molecule has 1 aliphatic carbocycles. The molecule has 0 unspecified atom stereocenters. The van der Waals surface area contributed by atoms with Crippen LogP contribution < -0.4 is 10.4 Å². The Morgan fingerprint density at radius 3 is 1.96 bits per heavy atom. The summed E-state index contributed by atoms with van der Waals surface area (Å²) in [4.78, 5) is 0. The first-order valence-electron chi connectivity index (χ1n) is 19.1. The van der Waals surface area contributed by atoms with Crippen LogP contribution in [-0.2, 0) is 47.1 Å². The topological polar surface area (TPSA) is 113 Å². The minimum Gasteiger partial charge on any atom is -0.399 e. The van der Waals surface area contributed by atoms with E-state index in [0.717, 1.165) is 42.5 Å². The number of rotatable bonds is 6. The normalized spacial score (nSPS) is 38.2. The van der Waals surface area contributed by atoms with Crippen LogP contribution >= 0.6 is 0 Å². The Labute approximate surface area is 308 Å². The highest BCUT2D eigenvalue weighted by molar-refractivity contribution is 6.99. The van der Waals surface area contributed by atoms with Crippen LogP contribution in [-0.4, -0.2) is 105 Å². The molecule has 6 aliphatic rings. The second-order valence-electron chi connectivity index (χ2n) is 17.3. The fraction of sp³-hybridized carbons (Fsp3) is 0.700. The molecule has 0 amide bonds. The van der Waals surface area contributed by atoms with Gasteiger partial charge in [0.1, 0.15) is 49.3 Å². The molecule has 0 radical (unpaired) electrons. The third kappa shape index (κ3) is 6.54. The van der Waals surface area contributed by atoms with Crippen LogP contribution in [0.15, 0.2) is 60.7 Å². The summed E-state index contributed by atoms with van der Waals surface area (Å²) < 4.78 is 66.6. The van der Waals surface area contributed by atoms with Crippen molar-refractivity contribution in [2.75, 3.05) is 19.8 Å². The largest absolute Gasteiger partial charge is 0.399 e. The number of ether oxygens (including phenoxy) is 9. The first kappa shape index (κ1) is 37.2. The van der Waals surface area contributed by atoms with Crippen molar-refractivity contribution in [3.63, 3.8) is 0 Å². The van der Waals surface area contributed by atoms with E-state index in [0.29, 0.717) is 0 Å². The molecule has 6 fully saturated rings. The van der Waals surface area contributed by atoms with Crippen molar-refractivity contribution in [2.45, 2.75) is 158 Å². The Kier molecular flexibility index (Phi) is 9.61. The lowest BCUT2D eigenvalue weighted by molar-refractivity contribution is -0.415. The number of hydrogen-bond donors (Lipinski definition) is 1. The lowest BCUT2D eigenvalue weighted by Crippen LogP contribution is -2.74. The minimum absolute atomic E-state index is 0.100. The Balaban J connectivity index is 1.20. The molecule has 9 atom stereocenters. The fourth-order valence-electron chi connectivity index (χ4n) is 9.27. The number of aliphatic hydroxyl groups is 1. The van der Waals surface area contributed by atoms with E-state index in [-0.39, 0.29) is 24.9 Å². The molecule has 5 heterocycles. The molecule has 5 saturated heterocycles. The highest BCUT2D eigenvalue weighted by Crippen LogP contribution is 2.48. The molecule has 11 nitrogen and oxygen atoms in total. The maximum atomic E-state index is 12.7. The molecule has 1 N–H and O–H groups in total. The fourth-order valence-corrected chi connectivity index (χ4v) is 14.0. The van der Waals surface area contributed by atoms with E-state index in [1.54, 1.807) is 0 Å². The van der Waals surface area contributed by atoms with Crippen molar-refractivity contribution in [1.29, 1.82) is 0 Å². The summed E-state index contributed by atoms with van der Waals surface area (Å²) in [6.07, 6.45) is -1.68. The molecule has 2 spiro atoms. The van der Waals surface area contributed by atoms with E-state index >= 15 is 0 Å². The van der Waals surface area contributed by atoms with Gasteiger partial charge in [-0.1, -0.05) is 87.9 Å². The maximum Gasteiger partial charge on any atom is 0.261 e. The lowest BCUT2D eigenvalue weighted by Gasteiger charge is -2.56. The molecule has 0 bridgehead atoms. The molecule has 286 valence electrons. The van der Waals surface area contributed by atoms with E-state index in [1.165, 1.54) is 0 Å². The third-order valence-corrected chi connectivity index (χ3v) is 16.6. The second-order valence-corrected chi connectivity index (χ2v) is 21.5. The van der Waals surface area contributed by atoms with Crippen molar-refractivity contribution in [3.05, 3.63) is 60.7 Å². The molecule has 5 aliphatic heterocycles. The molecule has 12 heteroatoms. The van der Waals surface area contributed by atoms with Crippen LogP contribution in [0.4, 0.5) is 0 Å². The van der Waals surface area contributed by atoms with Gasteiger partial charge in [0.05, 0.1) is 13.2 Å². The van der Waals surface area contributed by atoms with Crippen molar-refractivity contribution < 1.29 is 52.2 Å². The standard InChI is InChI=1S/C40H56O11Si/c1-36(2,3)52(26-17-11-8-12-18-26,27-19-13-9-14-20-27)50-33-30(41)35(45-28-23-42-39(49-31(28)33)21-15-10-16-22-39)46-34-32-29(47-38(6,7)48-32)24-43-40(34)25-44-37(4,5)51-40/h8-9,11-14,17-20,28-35,41H,10,15-16,21-25H2,1-7H3/t28-,29+,30+,31-,32+,33-,34-,35+,40-/m1/s1. The summed E-state index contributed by atoms with van der Waals surface area (Å²) >= 11 is 0. The Bertz CT molecular complexity index is 1500. The zero-order valence-corrected chi connectivity index (χ0v) is 32.6. The average molecular weight is 741 g/mol. The van der Waals surface area contributed by atoms with E-state index in [4.69, 9.17) is 47.1 Å². The van der Waals surface area contributed by atoms with E-state index in [2.05, 4.69) is 69.3 Å². The first-order valence-corrected chi connectivity index (χ1v) is 21.0. The van der Waals surface area contributed by atoms with Crippen molar-refractivity contribution in [2.24, 2.45) is 0 Å². The van der Waals surface area contributed by atoms with Gasteiger partial charge in [-0.05, 0) is 55.9 Å². The highest BCUT2D eigenvalue weighted by Gasteiger charge is 2.66. The van der Waals surface area contributed by atoms with E-state index in [9.17, 15) is 5.11 Å². The first-order chi connectivity index (χ1) is 24.7. The summed E-state index contributed by atoms with van der Waals surface area (Å²) in [5, 5.41) is 14.6. The number of hydrogen-bond acceptors (Lipinski definition) is 11. The second kappa shape index (κ2) is 13.5. The van der Waals surface area contributed by atoms with Crippen LogP contribution in [0, 0.1) is 0 Å². The smallest absolute Gasteiger partial charge is 0.261 e. The van der Waals surface area contributed by atoms with Gasteiger partial charge >= 0.3 is 0 Å². The van der Waals surface area contributed by atoms with Crippen molar-refractivity contribution >= 4 is 18.7 Å². The SMILES string of the molecule is CC1(C)O[C@H]2[C@H](CO[C@@]3(COC(C)(C)O3)[C@@H]2O[C@@H]2O[C@@H]3COC4(CCCCC4)O[C@H]3[C@H](O[Si](c3ccccc3)(c3ccccc3)C(C)(C)C)[C@@H]2O)O1. The Morgan fingerprint density at radius 1 is 0.731 bits per heavy atom. The molecular weight excluding hydrogens is 685 g/mol. The van der Waals surface area contributed by atoms with Gasteiger partial charge < -0.3 is 52.2 Å². The van der Waals surface area contributed by atoms with Gasteiger partial charge in [-0.3, -0.25) is 0 Å². The summed E-state index contributed by atoms with van der Waals surface area (Å²) in [5.74, 6) is -3.89. The van der Waals surface area contributed by atoms with Crippen molar-refractivity contribution in [1.82, 2.24) is 0 Å². The quantitative estimate of drug-likeness (QED) is 0.423. The monoisotopic (exact) mass is 740 g/mol. The minimum atomic E-state index is -3.20. The molecule has 1 saturated carbocycles. The summed E-state index contributed by atoms with van der Waals surface area (Å²) in [5.41, 5.74) is 0. The summed E-state index contributed by atoms with van der Waals surface area (Å²) in [7, 11) is -3.20. The van der Waals surface area contributed by atoms with Gasteiger partial charge in [-0.2, -0.15) is 0 Å². The average Bonchev–Trinajstić information content (AvgIpc) is 3.61. The predicted molar refractivity (Wildman–Crippen MR) is 192 cm³/mol. The van der Waals surface area contributed by atoms with Crippen LogP contribution in [0.1, 0.15) is 80.6 Å². The molecule has 8 rings (SSSR count). The van der Waals surface area contributed by atoms with Gasteiger partial charge in [0.25, 0.3) is 8.32 Å². The summed E-state index contributed by atoms with van der Waals surface area (Å²) in [6.45, 7) is 14.7. The highest BCUT2D eigenvalue weighted by atomic mass is 28.4. The Morgan fingerprint density at radius 2 is 1.37 bits per heavy atom. The van der Waals surface area contributed by atoms with Gasteiger partial charge in [-0.15, -0.1) is 0 Å². The Hall–Kier alpha value is -1.78. The molecule has 2 aromatic rings. The molecule has 0 aromatic heterocycles.